The summed E-state index contributed by atoms with van der Waals surface area (Å²) in [6, 6.07) is 6.90. The van der Waals surface area contributed by atoms with Crippen molar-refractivity contribution in [1.82, 2.24) is 10.2 Å². The molecule has 3 N–H and O–H groups in total. The number of carbonyl (C=O) groups excluding carboxylic acids is 1. The fraction of sp³-hybridized carbons (Fsp3) is 0.585. The van der Waals surface area contributed by atoms with E-state index in [4.69, 9.17) is 67.0 Å². The number of carbonyl (C=O) groups is 1. The van der Waals surface area contributed by atoms with Gasteiger partial charge in [-0.25, -0.2) is 0 Å². The van der Waals surface area contributed by atoms with Crippen LogP contribution in [0.3, 0.4) is 0 Å². The summed E-state index contributed by atoms with van der Waals surface area (Å²) in [5, 5.41) is 23.5. The molecule has 1 saturated heterocycles. The first-order valence-corrected chi connectivity index (χ1v) is 21.5. The number of amides is 1. The molecule has 0 saturated carbocycles. The highest BCUT2D eigenvalue weighted by Crippen LogP contribution is 2.38. The van der Waals surface area contributed by atoms with Crippen LogP contribution in [0.1, 0.15) is 86.8 Å². The fourth-order valence-electron chi connectivity index (χ4n) is 4.31. The summed E-state index contributed by atoms with van der Waals surface area (Å²) in [6.07, 6.45) is 6.95. The fourth-order valence-corrected chi connectivity index (χ4v) is 6.51. The van der Waals surface area contributed by atoms with Gasteiger partial charge in [-0.3, -0.25) is 13.9 Å². The minimum absolute atomic E-state index is 0.0379. The number of hydrogen-bond donors (Lipinski definition) is 3. The molecule has 2 aromatic rings. The van der Waals surface area contributed by atoms with Crippen molar-refractivity contribution < 1.29 is 41.8 Å². The summed E-state index contributed by atoms with van der Waals surface area (Å²) in [4.78, 5) is 13.0. The van der Waals surface area contributed by atoms with Gasteiger partial charge in [0, 0.05) is 24.2 Å². The third kappa shape index (κ3) is 27.2. The molecule has 1 heterocycles. The molecule has 0 aromatic heterocycles. The lowest BCUT2D eigenvalue weighted by atomic mass is 10.0. The number of nitrogens with zero attached hydrogens (tertiary/aromatic N) is 1. The second-order valence-corrected chi connectivity index (χ2v) is 19.2. The van der Waals surface area contributed by atoms with E-state index in [1.54, 1.807) is 45.0 Å². The number of benzene rings is 2. The zero-order chi connectivity index (χ0) is 44.4. The number of halogens is 4. The van der Waals surface area contributed by atoms with Crippen molar-refractivity contribution in [2.45, 2.75) is 111 Å². The molecule has 0 aliphatic carbocycles. The van der Waals surface area contributed by atoms with Gasteiger partial charge in [-0.2, -0.15) is 8.42 Å². The van der Waals surface area contributed by atoms with Gasteiger partial charge >= 0.3 is 0 Å². The lowest BCUT2D eigenvalue weighted by molar-refractivity contribution is -0.117. The van der Waals surface area contributed by atoms with Gasteiger partial charge in [0.15, 0.2) is 11.5 Å². The molecule has 57 heavy (non-hydrogen) atoms. The van der Waals surface area contributed by atoms with Gasteiger partial charge in [-0.1, -0.05) is 65.8 Å². The summed E-state index contributed by atoms with van der Waals surface area (Å²) in [6.45, 7) is 25.6. The van der Waals surface area contributed by atoms with Crippen molar-refractivity contribution >= 4 is 62.4 Å². The van der Waals surface area contributed by atoms with Crippen LogP contribution in [-0.4, -0.2) is 104 Å². The van der Waals surface area contributed by atoms with Gasteiger partial charge in [0.05, 0.1) is 44.7 Å². The third-order valence-electron chi connectivity index (χ3n) is 6.81. The summed E-state index contributed by atoms with van der Waals surface area (Å²) in [5.74, 6) is 2.79. The number of aliphatic hydroxyl groups is 2. The normalized spacial score (nSPS) is 13.8. The standard InChI is InChI=1S/C23H24Cl4O5.C7H13NO.C6H13N.C5H12O3S/c1-3-5-30-11-17(29)13-32-23-20(26)9-15(10-21(23)27)6-14-7-18(24)22(19(25)8-14)31-12-16(28)4-2;1-5-6(9)8-7(2,3)4;1-6(2,3)7-4-5-7;1-5(2,3)8-9(4,6)7/h1,7-10,16-17,28-29H,4-6,11-13H2,2H3;5H,1H2,2-4H3,(H,8,9);4-5H2,1-3H3;1-4H3. The van der Waals surface area contributed by atoms with Crippen LogP contribution in [0.25, 0.3) is 0 Å². The third-order valence-corrected chi connectivity index (χ3v) is 8.74. The Kier molecular flexibility index (Phi) is 24.4. The number of terminal acetylenes is 1. The highest BCUT2D eigenvalue weighted by molar-refractivity contribution is 7.86. The molecule has 1 aliphatic heterocycles. The summed E-state index contributed by atoms with van der Waals surface area (Å²) in [5.41, 5.74) is 1.33. The Balaban J connectivity index is 0.00000100. The zero-order valence-corrected chi connectivity index (χ0v) is 38.9. The molecule has 16 heteroatoms. The van der Waals surface area contributed by atoms with Gasteiger partial charge in [0.25, 0.3) is 10.1 Å². The van der Waals surface area contributed by atoms with Gasteiger partial charge in [-0.15, -0.1) is 6.42 Å². The largest absolute Gasteiger partial charge is 0.488 e. The second kappa shape index (κ2) is 25.4. The summed E-state index contributed by atoms with van der Waals surface area (Å²) in [7, 11) is -3.28. The van der Waals surface area contributed by atoms with Crippen molar-refractivity contribution in [2.24, 2.45) is 0 Å². The molecular formula is C41H62Cl4N2O9S. The molecule has 2 atom stereocenters. The SMILES string of the molecule is C#CCOCC(O)COc1c(Cl)cc(Cc2cc(Cl)c(OCC(O)CC)c(Cl)c2)cc1Cl.C=CC(=O)NC(C)(C)C.CC(C)(C)N1CC1.CC(C)(C)OS(C)(=O)=O. The lowest BCUT2D eigenvalue weighted by Gasteiger charge is -2.18. The first kappa shape index (κ1) is 54.7. The molecule has 0 bridgehead atoms. The zero-order valence-electron chi connectivity index (χ0n) is 35.1. The van der Waals surface area contributed by atoms with E-state index in [2.05, 4.69) is 47.7 Å². The van der Waals surface area contributed by atoms with Crippen molar-refractivity contribution in [3.8, 4) is 23.8 Å². The molecule has 1 aliphatic rings. The Bertz CT molecular complexity index is 1660. The molecule has 3 rings (SSSR count). The molecule has 11 nitrogen and oxygen atoms in total. The van der Waals surface area contributed by atoms with Crippen molar-refractivity contribution in [2.75, 3.05) is 45.8 Å². The highest BCUT2D eigenvalue weighted by atomic mass is 35.5. The molecule has 1 amide bonds. The van der Waals surface area contributed by atoms with Crippen LogP contribution in [-0.2, 0) is 30.3 Å². The van der Waals surface area contributed by atoms with Gasteiger partial charge < -0.3 is 29.7 Å². The first-order valence-electron chi connectivity index (χ1n) is 18.2. The van der Waals surface area contributed by atoms with Crippen molar-refractivity contribution in [3.63, 3.8) is 0 Å². The van der Waals surface area contributed by atoms with Crippen LogP contribution < -0.4 is 14.8 Å². The Morgan fingerprint density at radius 3 is 1.54 bits per heavy atom. The Labute approximate surface area is 361 Å². The molecule has 2 unspecified atom stereocenters. The summed E-state index contributed by atoms with van der Waals surface area (Å²) >= 11 is 25.3. The van der Waals surface area contributed by atoms with E-state index in [0.717, 1.165) is 17.4 Å². The van der Waals surface area contributed by atoms with Gasteiger partial charge in [0.1, 0.15) is 25.9 Å². The number of nitrogens with one attached hydrogen (secondary N) is 1. The Morgan fingerprint density at radius 1 is 0.877 bits per heavy atom. The predicted molar refractivity (Wildman–Crippen MR) is 234 cm³/mol. The minimum Gasteiger partial charge on any atom is -0.488 e. The molecular weight excluding hydrogens is 838 g/mol. The average Bonchev–Trinajstić information content (AvgIpc) is 3.89. The summed E-state index contributed by atoms with van der Waals surface area (Å²) < 4.78 is 41.6. The van der Waals surface area contributed by atoms with E-state index in [-0.39, 0.29) is 43.6 Å². The lowest BCUT2D eigenvalue weighted by Crippen LogP contribution is -2.39. The monoisotopic (exact) mass is 898 g/mol. The topological polar surface area (TPSA) is 144 Å². The number of aliphatic hydroxyl groups excluding tert-OH is 2. The molecule has 1 fully saturated rings. The van der Waals surface area contributed by atoms with Crippen LogP contribution in [0.4, 0.5) is 0 Å². The first-order chi connectivity index (χ1) is 26.0. The second-order valence-electron chi connectivity index (χ2n) is 16.0. The van der Waals surface area contributed by atoms with Crippen LogP contribution in [0.2, 0.25) is 20.1 Å². The molecule has 0 spiro atoms. The van der Waals surface area contributed by atoms with Crippen LogP contribution in [0.15, 0.2) is 36.9 Å². The van der Waals surface area contributed by atoms with Gasteiger partial charge in [-0.05, 0) is 117 Å². The minimum atomic E-state index is -3.28. The van der Waals surface area contributed by atoms with Crippen LogP contribution >= 0.6 is 46.4 Å². The van der Waals surface area contributed by atoms with E-state index in [0.29, 0.717) is 44.2 Å². The van der Waals surface area contributed by atoms with Gasteiger partial charge in [0.2, 0.25) is 5.91 Å². The molecule has 324 valence electrons. The Morgan fingerprint density at radius 2 is 1.30 bits per heavy atom. The van der Waals surface area contributed by atoms with Crippen LogP contribution in [0, 0.1) is 12.3 Å². The quantitative estimate of drug-likeness (QED) is 0.0557. The number of rotatable bonds is 14. The highest BCUT2D eigenvalue weighted by Gasteiger charge is 2.29. The maximum atomic E-state index is 10.6. The van der Waals surface area contributed by atoms with E-state index in [1.807, 2.05) is 27.7 Å². The maximum Gasteiger partial charge on any atom is 0.264 e. The average molecular weight is 901 g/mol. The van der Waals surface area contributed by atoms with Crippen LogP contribution in [0.5, 0.6) is 11.5 Å². The Hall–Kier alpha value is -2.28. The van der Waals surface area contributed by atoms with E-state index >= 15 is 0 Å². The van der Waals surface area contributed by atoms with Crippen molar-refractivity contribution in [3.05, 3.63) is 68.1 Å². The predicted octanol–water partition coefficient (Wildman–Crippen LogP) is 8.38. The van der Waals surface area contributed by atoms with E-state index in [1.165, 1.54) is 19.2 Å². The van der Waals surface area contributed by atoms with Crippen molar-refractivity contribution in [1.29, 1.82) is 0 Å². The maximum absolute atomic E-state index is 10.6. The van der Waals surface area contributed by atoms with E-state index in [9.17, 15) is 23.4 Å². The number of ether oxygens (including phenoxy) is 3. The van der Waals surface area contributed by atoms with E-state index < -0.39 is 27.9 Å². The number of hydrogen-bond acceptors (Lipinski definition) is 10. The molecule has 2 aromatic carbocycles. The smallest absolute Gasteiger partial charge is 0.264 e. The molecule has 0 radical (unpaired) electrons.